The zero-order valence-electron chi connectivity index (χ0n) is 19.9. The average molecular weight is 463 g/mol. The lowest BCUT2D eigenvalue weighted by Gasteiger charge is -2.23. The highest BCUT2D eigenvalue weighted by Crippen LogP contribution is 2.44. The third-order valence-corrected chi connectivity index (χ3v) is 6.41. The molecule has 3 aromatic rings. The van der Waals surface area contributed by atoms with Crippen LogP contribution < -0.4 is 14.8 Å². The van der Waals surface area contributed by atoms with Gasteiger partial charge in [0, 0.05) is 34.8 Å². The smallest absolute Gasteiger partial charge is 0.242 e. The number of methoxy groups -OCH3 is 1. The minimum Gasteiger partial charge on any atom is -0.454 e. The molecular formula is C27H30N2O5. The molecular weight excluding hydrogens is 432 g/mol. The predicted octanol–water partition coefficient (Wildman–Crippen LogP) is 4.12. The number of aromatic nitrogens is 1. The first-order valence-electron chi connectivity index (χ1n) is 11.4. The van der Waals surface area contributed by atoms with Crippen LogP contribution in [-0.4, -0.2) is 42.2 Å². The van der Waals surface area contributed by atoms with Gasteiger partial charge in [-0.2, -0.15) is 0 Å². The van der Waals surface area contributed by atoms with Crippen molar-refractivity contribution in [1.82, 2.24) is 4.57 Å². The fourth-order valence-electron chi connectivity index (χ4n) is 4.57. The Hall–Kier alpha value is -3.29. The van der Waals surface area contributed by atoms with Gasteiger partial charge in [-0.1, -0.05) is 39.0 Å². The number of nitrogens with one attached hydrogen (secondary N) is 1. The summed E-state index contributed by atoms with van der Waals surface area (Å²) in [6.07, 6.45) is 3.18. The highest BCUT2D eigenvalue weighted by molar-refractivity contribution is 6.06. The molecule has 5 rings (SSSR count). The monoisotopic (exact) mass is 462 g/mol. The second kappa shape index (κ2) is 8.18. The van der Waals surface area contributed by atoms with Gasteiger partial charge in [0.15, 0.2) is 11.5 Å². The molecule has 0 saturated carbocycles. The number of benzene rings is 2. The molecule has 0 radical (unpaired) electrons. The number of carbonyl (C=O) groups excluding carboxylic acids is 1. The van der Waals surface area contributed by atoms with Crippen LogP contribution in [-0.2, 0) is 26.9 Å². The van der Waals surface area contributed by atoms with Crippen molar-refractivity contribution in [2.45, 2.75) is 44.2 Å². The summed E-state index contributed by atoms with van der Waals surface area (Å²) < 4.78 is 18.1. The molecule has 2 aliphatic rings. The summed E-state index contributed by atoms with van der Waals surface area (Å²) in [6.45, 7) is 7.36. The quantitative estimate of drug-likeness (QED) is 0.516. The predicted molar refractivity (Wildman–Crippen MR) is 131 cm³/mol. The normalized spacial score (nSPS) is 16.6. The summed E-state index contributed by atoms with van der Waals surface area (Å²) in [5.74, 6) is 1.24. The number of carbonyl (C=O) groups is 1. The van der Waals surface area contributed by atoms with Crippen LogP contribution in [0.4, 0.5) is 5.69 Å². The lowest BCUT2D eigenvalue weighted by atomic mass is 9.91. The molecule has 2 aromatic carbocycles. The Bertz CT molecular complexity index is 1280. The Morgan fingerprint density at radius 3 is 2.62 bits per heavy atom. The molecule has 1 atom stereocenters. The van der Waals surface area contributed by atoms with E-state index in [9.17, 15) is 9.90 Å². The largest absolute Gasteiger partial charge is 0.454 e. The first-order chi connectivity index (χ1) is 16.2. The van der Waals surface area contributed by atoms with E-state index in [1.807, 2.05) is 48.6 Å². The van der Waals surface area contributed by atoms with Gasteiger partial charge < -0.3 is 29.2 Å². The Kier molecular flexibility index (Phi) is 5.41. The molecule has 0 fully saturated rings. The van der Waals surface area contributed by atoms with Gasteiger partial charge in [-0.05, 0) is 42.0 Å². The summed E-state index contributed by atoms with van der Waals surface area (Å²) in [7, 11) is 1.59. The van der Waals surface area contributed by atoms with E-state index < -0.39 is 11.5 Å². The Balaban J connectivity index is 1.42. The summed E-state index contributed by atoms with van der Waals surface area (Å²) in [5, 5.41) is 14.5. The first-order valence-corrected chi connectivity index (χ1v) is 11.4. The van der Waals surface area contributed by atoms with Gasteiger partial charge in [-0.15, -0.1) is 0 Å². The standard InChI is InChI=1S/C27H30N2O5/c1-26(2,3)24-12-17-11-19(6-7-21(17)29(24)14-20(30)15-32-4)28-25(31)27(9-10-27)18-5-8-22-23(13-18)34-16-33-22/h5-13,20,30H,14-16H2,1-4H3,(H,28,31). The van der Waals surface area contributed by atoms with Crippen LogP contribution in [0.3, 0.4) is 0 Å². The van der Waals surface area contributed by atoms with Gasteiger partial charge in [-0.3, -0.25) is 4.79 Å². The van der Waals surface area contributed by atoms with E-state index in [-0.39, 0.29) is 24.7 Å². The maximum absolute atomic E-state index is 13.3. The van der Waals surface area contributed by atoms with Gasteiger partial charge in [0.1, 0.15) is 5.41 Å². The van der Waals surface area contributed by atoms with E-state index in [2.05, 4.69) is 36.7 Å². The zero-order chi connectivity index (χ0) is 24.1. The molecule has 0 spiro atoms. The zero-order valence-corrected chi connectivity index (χ0v) is 19.9. The minimum atomic E-state index is -0.775. The van der Waals surface area contributed by atoms with Crippen LogP contribution in [0.25, 0.3) is 10.9 Å². The van der Waals surface area contributed by atoms with E-state index >= 15 is 0 Å². The van der Waals surface area contributed by atoms with Crippen molar-refractivity contribution >= 4 is 22.5 Å². The molecule has 2 N–H and O–H groups in total. The SMILES string of the molecule is COCC(O)Cn1c(C(C)(C)C)cc2cc(NC(=O)C3(c4ccc5c(c4)OCO5)C=C3)ccc21. The molecule has 7 nitrogen and oxygen atoms in total. The van der Waals surface area contributed by atoms with Crippen molar-refractivity contribution in [2.75, 3.05) is 25.8 Å². The van der Waals surface area contributed by atoms with E-state index in [0.29, 0.717) is 18.0 Å². The van der Waals surface area contributed by atoms with Gasteiger partial charge in [0.05, 0.1) is 19.3 Å². The van der Waals surface area contributed by atoms with Crippen LogP contribution in [0, 0.1) is 0 Å². The molecule has 34 heavy (non-hydrogen) atoms. The topological polar surface area (TPSA) is 82.0 Å². The van der Waals surface area contributed by atoms with Gasteiger partial charge in [-0.25, -0.2) is 0 Å². The number of anilines is 1. The number of aliphatic hydroxyl groups is 1. The second-order valence-electron chi connectivity index (χ2n) is 10.00. The maximum atomic E-state index is 13.3. The molecule has 0 saturated heterocycles. The van der Waals surface area contributed by atoms with Crippen molar-refractivity contribution in [3.05, 3.63) is 65.9 Å². The molecule has 0 bridgehead atoms. The number of aliphatic hydroxyl groups excluding tert-OH is 1. The van der Waals surface area contributed by atoms with Crippen molar-refractivity contribution in [3.63, 3.8) is 0 Å². The van der Waals surface area contributed by atoms with E-state index in [4.69, 9.17) is 14.2 Å². The third kappa shape index (κ3) is 3.95. The van der Waals surface area contributed by atoms with Gasteiger partial charge >= 0.3 is 0 Å². The Morgan fingerprint density at radius 1 is 1.15 bits per heavy atom. The van der Waals surface area contributed by atoms with Gasteiger partial charge in [0.25, 0.3) is 0 Å². The average Bonchev–Trinajstić information content (AvgIpc) is 3.33. The summed E-state index contributed by atoms with van der Waals surface area (Å²) >= 11 is 0. The Labute approximate surface area is 198 Å². The molecule has 1 aliphatic carbocycles. The van der Waals surface area contributed by atoms with Crippen LogP contribution in [0.1, 0.15) is 32.0 Å². The van der Waals surface area contributed by atoms with Gasteiger partial charge in [0.2, 0.25) is 12.7 Å². The van der Waals surface area contributed by atoms with Crippen LogP contribution in [0.2, 0.25) is 0 Å². The molecule has 1 aliphatic heterocycles. The van der Waals surface area contributed by atoms with Crippen molar-refractivity contribution < 1.29 is 24.1 Å². The van der Waals surface area contributed by atoms with Crippen LogP contribution in [0.5, 0.6) is 11.5 Å². The lowest BCUT2D eigenvalue weighted by Crippen LogP contribution is -2.29. The minimum absolute atomic E-state index is 0.114. The third-order valence-electron chi connectivity index (χ3n) is 6.41. The van der Waals surface area contributed by atoms with E-state index in [1.54, 1.807) is 7.11 Å². The molecule has 7 heteroatoms. The number of ether oxygens (including phenoxy) is 3. The first kappa shape index (κ1) is 22.5. The molecule has 178 valence electrons. The Morgan fingerprint density at radius 2 is 1.91 bits per heavy atom. The maximum Gasteiger partial charge on any atom is 0.242 e. The fraction of sp³-hybridized carbons (Fsp3) is 0.370. The number of amides is 1. The number of hydrogen-bond acceptors (Lipinski definition) is 5. The van der Waals surface area contributed by atoms with Crippen molar-refractivity contribution in [3.8, 4) is 11.5 Å². The summed E-state index contributed by atoms with van der Waals surface area (Å²) in [6, 6.07) is 13.6. The van der Waals surface area contributed by atoms with Crippen molar-refractivity contribution in [2.24, 2.45) is 0 Å². The molecule has 2 heterocycles. The lowest BCUT2D eigenvalue weighted by molar-refractivity contribution is -0.117. The number of rotatable bonds is 7. The number of nitrogens with zero attached hydrogens (tertiary/aromatic N) is 1. The summed E-state index contributed by atoms with van der Waals surface area (Å²) in [4.78, 5) is 13.3. The van der Waals surface area contributed by atoms with E-state index in [0.717, 1.165) is 27.8 Å². The molecule has 1 aromatic heterocycles. The molecule has 1 unspecified atom stereocenters. The second-order valence-corrected chi connectivity index (χ2v) is 10.00. The highest BCUT2D eigenvalue weighted by Gasteiger charge is 2.44. The van der Waals surface area contributed by atoms with Crippen LogP contribution in [0.15, 0.2) is 54.6 Å². The number of hydrogen-bond donors (Lipinski definition) is 2. The van der Waals surface area contributed by atoms with Crippen molar-refractivity contribution in [1.29, 1.82) is 0 Å². The molecule has 1 amide bonds. The summed E-state index contributed by atoms with van der Waals surface area (Å²) in [5.41, 5.74) is 2.80. The highest BCUT2D eigenvalue weighted by atomic mass is 16.7. The number of fused-ring (bicyclic) bond motifs is 2. The van der Waals surface area contributed by atoms with E-state index in [1.165, 1.54) is 0 Å². The fourth-order valence-corrected chi connectivity index (χ4v) is 4.57. The van der Waals surface area contributed by atoms with Crippen LogP contribution >= 0.6 is 0 Å².